The summed E-state index contributed by atoms with van der Waals surface area (Å²) < 4.78 is 13.3. The third-order valence-corrected chi connectivity index (χ3v) is 2.20. The molecule has 1 aromatic rings. The summed E-state index contributed by atoms with van der Waals surface area (Å²) in [6.45, 7) is 1.27. The van der Waals surface area contributed by atoms with Gasteiger partial charge in [-0.3, -0.25) is 4.79 Å². The molecular weight excluding hydrogens is 211 g/mol. The molecule has 76 valence electrons. The number of halogens is 2. The van der Waals surface area contributed by atoms with Crippen molar-refractivity contribution in [3.8, 4) is 5.75 Å². The molecule has 0 aliphatic rings. The van der Waals surface area contributed by atoms with Crippen LogP contribution in [0.25, 0.3) is 0 Å². The van der Waals surface area contributed by atoms with Crippen molar-refractivity contribution in [2.24, 2.45) is 0 Å². The highest BCUT2D eigenvalue weighted by Crippen LogP contribution is 2.32. The minimum Gasteiger partial charge on any atom is -0.508 e. The standard InChI is InChI=1S/C9H8ClFO3/c1-4(9(13)14)7-6(12)3-2-5(10)8(7)11/h2-4,12H,1H3,(H,13,14). The Balaban J connectivity index is 3.32. The van der Waals surface area contributed by atoms with Crippen molar-refractivity contribution in [3.63, 3.8) is 0 Å². The Bertz CT molecular complexity index is 379. The van der Waals surface area contributed by atoms with Crippen LogP contribution in [-0.4, -0.2) is 16.2 Å². The first-order valence-electron chi connectivity index (χ1n) is 3.84. The van der Waals surface area contributed by atoms with Gasteiger partial charge in [-0.2, -0.15) is 0 Å². The number of carbonyl (C=O) groups is 1. The molecule has 0 aliphatic heterocycles. The van der Waals surface area contributed by atoms with E-state index in [0.717, 1.165) is 0 Å². The van der Waals surface area contributed by atoms with Crippen LogP contribution in [0.4, 0.5) is 4.39 Å². The lowest BCUT2D eigenvalue weighted by molar-refractivity contribution is -0.138. The smallest absolute Gasteiger partial charge is 0.310 e. The van der Waals surface area contributed by atoms with E-state index < -0.39 is 23.5 Å². The normalized spacial score (nSPS) is 12.5. The van der Waals surface area contributed by atoms with Gasteiger partial charge in [-0.15, -0.1) is 0 Å². The van der Waals surface area contributed by atoms with Crippen LogP contribution in [-0.2, 0) is 4.79 Å². The summed E-state index contributed by atoms with van der Waals surface area (Å²) >= 11 is 5.46. The van der Waals surface area contributed by atoms with E-state index in [4.69, 9.17) is 16.7 Å². The molecule has 0 bridgehead atoms. The number of rotatable bonds is 2. The summed E-state index contributed by atoms with van der Waals surface area (Å²) in [5.41, 5.74) is -0.287. The van der Waals surface area contributed by atoms with Crippen LogP contribution >= 0.6 is 11.6 Å². The molecule has 0 aromatic heterocycles. The number of carboxylic acids is 1. The van der Waals surface area contributed by atoms with E-state index >= 15 is 0 Å². The third kappa shape index (κ3) is 1.80. The predicted molar refractivity (Wildman–Crippen MR) is 49.1 cm³/mol. The van der Waals surface area contributed by atoms with Crippen molar-refractivity contribution in [3.05, 3.63) is 28.5 Å². The van der Waals surface area contributed by atoms with E-state index in [-0.39, 0.29) is 10.6 Å². The zero-order valence-corrected chi connectivity index (χ0v) is 8.05. The van der Waals surface area contributed by atoms with Gasteiger partial charge in [0.2, 0.25) is 0 Å². The predicted octanol–water partition coefficient (Wildman–Crippen LogP) is 2.37. The van der Waals surface area contributed by atoms with Crippen LogP contribution in [0.5, 0.6) is 5.75 Å². The van der Waals surface area contributed by atoms with Crippen LogP contribution in [0, 0.1) is 5.82 Å². The van der Waals surface area contributed by atoms with Gasteiger partial charge in [0.05, 0.1) is 10.9 Å². The number of aromatic hydroxyl groups is 1. The third-order valence-electron chi connectivity index (χ3n) is 1.91. The molecule has 0 amide bonds. The van der Waals surface area contributed by atoms with Crippen molar-refractivity contribution < 1.29 is 19.4 Å². The quantitative estimate of drug-likeness (QED) is 0.801. The van der Waals surface area contributed by atoms with Crippen LogP contribution < -0.4 is 0 Å². The zero-order chi connectivity index (χ0) is 10.9. The Morgan fingerprint density at radius 1 is 1.57 bits per heavy atom. The molecule has 0 spiro atoms. The summed E-state index contributed by atoms with van der Waals surface area (Å²) in [5, 5.41) is 17.7. The first-order chi connectivity index (χ1) is 6.45. The van der Waals surface area contributed by atoms with Crippen molar-refractivity contribution in [1.29, 1.82) is 0 Å². The van der Waals surface area contributed by atoms with E-state index in [1.165, 1.54) is 19.1 Å². The summed E-state index contributed by atoms with van der Waals surface area (Å²) in [4.78, 5) is 10.6. The van der Waals surface area contributed by atoms with Gasteiger partial charge in [0, 0.05) is 5.56 Å². The molecule has 5 heteroatoms. The van der Waals surface area contributed by atoms with E-state index in [1.54, 1.807) is 0 Å². The van der Waals surface area contributed by atoms with Crippen molar-refractivity contribution >= 4 is 17.6 Å². The monoisotopic (exact) mass is 218 g/mol. The first kappa shape index (κ1) is 10.8. The van der Waals surface area contributed by atoms with Gasteiger partial charge in [-0.1, -0.05) is 11.6 Å². The van der Waals surface area contributed by atoms with Crippen LogP contribution in [0.1, 0.15) is 18.4 Å². The van der Waals surface area contributed by atoms with E-state index in [2.05, 4.69) is 0 Å². The topological polar surface area (TPSA) is 57.5 Å². The molecule has 0 radical (unpaired) electrons. The fourth-order valence-electron chi connectivity index (χ4n) is 1.09. The van der Waals surface area contributed by atoms with Crippen LogP contribution in [0.15, 0.2) is 12.1 Å². The second-order valence-corrected chi connectivity index (χ2v) is 3.26. The highest BCUT2D eigenvalue weighted by Gasteiger charge is 2.23. The maximum Gasteiger partial charge on any atom is 0.310 e. The molecule has 3 nitrogen and oxygen atoms in total. The SMILES string of the molecule is CC(C(=O)O)c1c(O)ccc(Cl)c1F. The maximum atomic E-state index is 13.3. The average Bonchev–Trinajstić information content (AvgIpc) is 2.12. The zero-order valence-electron chi connectivity index (χ0n) is 7.29. The summed E-state index contributed by atoms with van der Waals surface area (Å²) in [5.74, 6) is -3.64. The first-order valence-corrected chi connectivity index (χ1v) is 4.22. The molecule has 2 N–H and O–H groups in total. The number of benzene rings is 1. The molecule has 1 atom stereocenters. The molecule has 1 unspecified atom stereocenters. The molecule has 0 fully saturated rings. The number of phenols is 1. The Morgan fingerprint density at radius 3 is 2.64 bits per heavy atom. The van der Waals surface area contributed by atoms with Crippen LogP contribution in [0.2, 0.25) is 5.02 Å². The minimum atomic E-state index is -1.22. The van der Waals surface area contributed by atoms with E-state index in [1.807, 2.05) is 0 Å². The molecule has 1 aromatic carbocycles. The molecule has 0 saturated carbocycles. The molecule has 0 aliphatic carbocycles. The van der Waals surface area contributed by atoms with E-state index in [0.29, 0.717) is 0 Å². The number of hydrogen-bond donors (Lipinski definition) is 2. The van der Waals surface area contributed by atoms with E-state index in [9.17, 15) is 14.3 Å². The Hall–Kier alpha value is -1.29. The van der Waals surface area contributed by atoms with Crippen molar-refractivity contribution in [2.45, 2.75) is 12.8 Å². The molecule has 0 saturated heterocycles. The van der Waals surface area contributed by atoms with Crippen LogP contribution in [0.3, 0.4) is 0 Å². The Kier molecular flexibility index (Phi) is 2.96. The number of carboxylic acid groups (broad SMARTS) is 1. The minimum absolute atomic E-state index is 0.203. The summed E-state index contributed by atoms with van der Waals surface area (Å²) in [6, 6.07) is 2.34. The second-order valence-electron chi connectivity index (χ2n) is 2.85. The lowest BCUT2D eigenvalue weighted by Crippen LogP contribution is -2.09. The maximum absolute atomic E-state index is 13.3. The van der Waals surface area contributed by atoms with Gasteiger partial charge in [-0.05, 0) is 19.1 Å². The van der Waals surface area contributed by atoms with Gasteiger partial charge >= 0.3 is 5.97 Å². The Labute approximate surface area is 84.7 Å². The number of aliphatic carboxylic acids is 1. The van der Waals surface area contributed by atoms with Gasteiger partial charge in [-0.25, -0.2) is 4.39 Å². The summed E-state index contributed by atoms with van der Waals surface area (Å²) in [7, 11) is 0. The molecular formula is C9H8ClFO3. The van der Waals surface area contributed by atoms with Gasteiger partial charge < -0.3 is 10.2 Å². The second kappa shape index (κ2) is 3.84. The lowest BCUT2D eigenvalue weighted by atomic mass is 10.00. The highest BCUT2D eigenvalue weighted by molar-refractivity contribution is 6.30. The highest BCUT2D eigenvalue weighted by atomic mass is 35.5. The molecule has 1 rings (SSSR count). The van der Waals surface area contributed by atoms with Crippen molar-refractivity contribution in [2.75, 3.05) is 0 Å². The van der Waals surface area contributed by atoms with Crippen molar-refractivity contribution in [1.82, 2.24) is 0 Å². The summed E-state index contributed by atoms with van der Waals surface area (Å²) in [6.07, 6.45) is 0. The fourth-order valence-corrected chi connectivity index (χ4v) is 1.26. The van der Waals surface area contributed by atoms with Gasteiger partial charge in [0.25, 0.3) is 0 Å². The number of phenolic OH excluding ortho intramolecular Hbond substituents is 1. The lowest BCUT2D eigenvalue weighted by Gasteiger charge is -2.10. The van der Waals surface area contributed by atoms with Gasteiger partial charge in [0.15, 0.2) is 0 Å². The largest absolute Gasteiger partial charge is 0.508 e. The average molecular weight is 219 g/mol. The number of hydrogen-bond acceptors (Lipinski definition) is 2. The fraction of sp³-hybridized carbons (Fsp3) is 0.222. The van der Waals surface area contributed by atoms with Gasteiger partial charge in [0.1, 0.15) is 11.6 Å². The Morgan fingerprint density at radius 2 is 2.14 bits per heavy atom. The molecule has 14 heavy (non-hydrogen) atoms. The molecule has 0 heterocycles.